The molecule has 0 saturated heterocycles. The Hall–Kier alpha value is -1.62. The molecular weight excluding hydrogens is 318 g/mol. The van der Waals surface area contributed by atoms with Crippen LogP contribution in [0.5, 0.6) is 0 Å². The van der Waals surface area contributed by atoms with E-state index in [2.05, 4.69) is 57.5 Å². The fraction of sp³-hybridized carbons (Fsp3) is 0.333. The van der Waals surface area contributed by atoms with Gasteiger partial charge in [-0.1, -0.05) is 30.3 Å². The molecule has 1 N–H and O–H groups in total. The van der Waals surface area contributed by atoms with Crippen molar-refractivity contribution in [3.63, 3.8) is 0 Å². The summed E-state index contributed by atoms with van der Waals surface area (Å²) in [5, 5.41) is 7.35. The predicted molar refractivity (Wildman–Crippen MR) is 85.0 cm³/mol. The van der Waals surface area contributed by atoms with E-state index < -0.39 is 0 Å². The zero-order valence-corrected chi connectivity index (χ0v) is 13.2. The Morgan fingerprint density at radius 3 is 2.75 bits per heavy atom. The lowest BCUT2D eigenvalue weighted by Crippen LogP contribution is -2.24. The molecule has 0 saturated carbocycles. The van der Waals surface area contributed by atoms with Crippen LogP contribution < -0.4 is 10.9 Å². The van der Waals surface area contributed by atoms with Gasteiger partial charge in [0.1, 0.15) is 4.47 Å². The monoisotopic (exact) mass is 335 g/mol. The van der Waals surface area contributed by atoms with Crippen molar-refractivity contribution >= 4 is 21.6 Å². The fourth-order valence-electron chi connectivity index (χ4n) is 1.98. The average molecular weight is 336 g/mol. The SMILES string of the molecule is CC(CCc1ccccc1)Nc1cnn(C)c(=O)c1Br. The molecule has 106 valence electrons. The normalized spacial score (nSPS) is 12.2. The van der Waals surface area contributed by atoms with Gasteiger partial charge in [-0.2, -0.15) is 5.10 Å². The lowest BCUT2D eigenvalue weighted by atomic mass is 10.1. The second kappa shape index (κ2) is 6.70. The molecule has 0 spiro atoms. The van der Waals surface area contributed by atoms with Crippen molar-refractivity contribution in [2.24, 2.45) is 7.05 Å². The molecule has 0 aliphatic carbocycles. The number of aromatic nitrogens is 2. The van der Waals surface area contributed by atoms with E-state index >= 15 is 0 Å². The van der Waals surface area contributed by atoms with Crippen LogP contribution in [0.25, 0.3) is 0 Å². The van der Waals surface area contributed by atoms with Crippen molar-refractivity contribution in [1.82, 2.24) is 9.78 Å². The Morgan fingerprint density at radius 1 is 1.35 bits per heavy atom. The molecular formula is C15H18BrN3O. The smallest absolute Gasteiger partial charge is 0.282 e. The number of rotatable bonds is 5. The first-order chi connectivity index (χ1) is 9.58. The number of nitrogens with one attached hydrogen (secondary N) is 1. The molecule has 1 heterocycles. The maximum atomic E-state index is 11.8. The molecule has 2 rings (SSSR count). The first kappa shape index (κ1) is 14.8. The minimum absolute atomic E-state index is 0.134. The zero-order chi connectivity index (χ0) is 14.5. The predicted octanol–water partition coefficient (Wildman–Crippen LogP) is 2.98. The third-order valence-corrected chi connectivity index (χ3v) is 3.96. The van der Waals surface area contributed by atoms with Crippen LogP contribution in [0.2, 0.25) is 0 Å². The van der Waals surface area contributed by atoms with Crippen molar-refractivity contribution in [2.45, 2.75) is 25.8 Å². The topological polar surface area (TPSA) is 46.9 Å². The van der Waals surface area contributed by atoms with Gasteiger partial charge < -0.3 is 5.32 Å². The van der Waals surface area contributed by atoms with E-state index in [0.717, 1.165) is 18.5 Å². The van der Waals surface area contributed by atoms with E-state index in [0.29, 0.717) is 4.47 Å². The number of anilines is 1. The van der Waals surface area contributed by atoms with E-state index in [1.807, 2.05) is 6.07 Å². The zero-order valence-electron chi connectivity index (χ0n) is 11.6. The number of benzene rings is 1. The van der Waals surface area contributed by atoms with Crippen LogP contribution in [0.1, 0.15) is 18.9 Å². The highest BCUT2D eigenvalue weighted by Crippen LogP contribution is 2.18. The maximum Gasteiger partial charge on any atom is 0.282 e. The number of hydrogen-bond acceptors (Lipinski definition) is 3. The lowest BCUT2D eigenvalue weighted by molar-refractivity contribution is 0.685. The summed E-state index contributed by atoms with van der Waals surface area (Å²) in [6.07, 6.45) is 3.67. The molecule has 2 aromatic rings. The number of halogens is 1. The van der Waals surface area contributed by atoms with Gasteiger partial charge in [0, 0.05) is 13.1 Å². The standard InChI is InChI=1S/C15H18BrN3O/c1-11(8-9-12-6-4-3-5-7-12)18-13-10-17-19(2)15(20)14(13)16/h3-7,10-11,18H,8-9H2,1-2H3. The second-order valence-corrected chi connectivity index (χ2v) is 5.66. The Morgan fingerprint density at radius 2 is 2.05 bits per heavy atom. The lowest BCUT2D eigenvalue weighted by Gasteiger charge is -2.16. The molecule has 1 unspecified atom stereocenters. The third-order valence-electron chi connectivity index (χ3n) is 3.19. The van der Waals surface area contributed by atoms with Gasteiger partial charge in [-0.3, -0.25) is 4.79 Å². The van der Waals surface area contributed by atoms with Gasteiger partial charge in [-0.05, 0) is 41.3 Å². The minimum Gasteiger partial charge on any atom is -0.380 e. The van der Waals surface area contributed by atoms with Crippen LogP contribution in [0.15, 0.2) is 45.8 Å². The average Bonchev–Trinajstić information content (AvgIpc) is 2.47. The Kier molecular flexibility index (Phi) is 4.95. The molecule has 0 aliphatic heterocycles. The van der Waals surface area contributed by atoms with Crippen molar-refractivity contribution in [2.75, 3.05) is 5.32 Å². The highest BCUT2D eigenvalue weighted by Gasteiger charge is 2.09. The maximum absolute atomic E-state index is 11.8. The molecule has 0 fully saturated rings. The van der Waals surface area contributed by atoms with Gasteiger partial charge in [0.25, 0.3) is 5.56 Å². The van der Waals surface area contributed by atoms with Crippen LogP contribution in [0, 0.1) is 0 Å². The van der Waals surface area contributed by atoms with Gasteiger partial charge in [0.2, 0.25) is 0 Å². The summed E-state index contributed by atoms with van der Waals surface area (Å²) in [6, 6.07) is 10.6. The Labute approximate surface area is 127 Å². The van der Waals surface area contributed by atoms with Crippen LogP contribution >= 0.6 is 15.9 Å². The quantitative estimate of drug-likeness (QED) is 0.913. The first-order valence-electron chi connectivity index (χ1n) is 6.60. The van der Waals surface area contributed by atoms with E-state index in [-0.39, 0.29) is 11.6 Å². The number of nitrogens with zero attached hydrogens (tertiary/aromatic N) is 2. The summed E-state index contributed by atoms with van der Waals surface area (Å²) in [7, 11) is 1.63. The Bertz CT molecular complexity index is 625. The summed E-state index contributed by atoms with van der Waals surface area (Å²) in [5.41, 5.74) is 1.93. The van der Waals surface area contributed by atoms with Crippen LogP contribution in [0.4, 0.5) is 5.69 Å². The number of hydrogen-bond donors (Lipinski definition) is 1. The highest BCUT2D eigenvalue weighted by molar-refractivity contribution is 9.10. The molecule has 4 nitrogen and oxygen atoms in total. The van der Waals surface area contributed by atoms with Crippen molar-refractivity contribution in [1.29, 1.82) is 0 Å². The van der Waals surface area contributed by atoms with Crippen LogP contribution in [-0.4, -0.2) is 15.8 Å². The summed E-state index contributed by atoms with van der Waals surface area (Å²) >= 11 is 3.32. The third kappa shape index (κ3) is 3.70. The largest absolute Gasteiger partial charge is 0.380 e. The van der Waals surface area contributed by atoms with Crippen molar-refractivity contribution in [3.05, 3.63) is 56.9 Å². The first-order valence-corrected chi connectivity index (χ1v) is 7.39. The van der Waals surface area contributed by atoms with Gasteiger partial charge in [-0.15, -0.1) is 0 Å². The van der Waals surface area contributed by atoms with Gasteiger partial charge in [0.05, 0.1) is 11.9 Å². The number of aryl methyl sites for hydroxylation is 2. The molecule has 0 radical (unpaired) electrons. The van der Waals surface area contributed by atoms with Gasteiger partial charge in [-0.25, -0.2) is 4.68 Å². The summed E-state index contributed by atoms with van der Waals surface area (Å²) < 4.78 is 1.84. The minimum atomic E-state index is -0.134. The second-order valence-electron chi connectivity index (χ2n) is 4.87. The van der Waals surface area contributed by atoms with E-state index in [9.17, 15) is 4.79 Å². The highest BCUT2D eigenvalue weighted by atomic mass is 79.9. The Balaban J connectivity index is 1.97. The summed E-state index contributed by atoms with van der Waals surface area (Å²) in [4.78, 5) is 11.8. The molecule has 20 heavy (non-hydrogen) atoms. The van der Waals surface area contributed by atoms with E-state index in [1.165, 1.54) is 10.2 Å². The van der Waals surface area contributed by atoms with Crippen molar-refractivity contribution < 1.29 is 0 Å². The van der Waals surface area contributed by atoms with Crippen LogP contribution in [-0.2, 0) is 13.5 Å². The molecule has 1 aromatic carbocycles. The molecule has 1 aromatic heterocycles. The molecule has 5 heteroatoms. The van der Waals surface area contributed by atoms with Gasteiger partial charge >= 0.3 is 0 Å². The molecule has 0 amide bonds. The molecule has 1 atom stereocenters. The van der Waals surface area contributed by atoms with E-state index in [1.54, 1.807) is 13.2 Å². The summed E-state index contributed by atoms with van der Waals surface area (Å²) in [6.45, 7) is 2.10. The van der Waals surface area contributed by atoms with E-state index in [4.69, 9.17) is 0 Å². The van der Waals surface area contributed by atoms with Gasteiger partial charge in [0.15, 0.2) is 0 Å². The van der Waals surface area contributed by atoms with Crippen molar-refractivity contribution in [3.8, 4) is 0 Å². The molecule has 0 bridgehead atoms. The summed E-state index contributed by atoms with van der Waals surface area (Å²) in [5.74, 6) is 0. The van der Waals surface area contributed by atoms with Crippen LogP contribution in [0.3, 0.4) is 0 Å². The fourth-order valence-corrected chi connectivity index (χ4v) is 2.45. The molecule has 0 aliphatic rings.